The molecule has 0 atom stereocenters. The van der Waals surface area contributed by atoms with Gasteiger partial charge in [-0.05, 0) is 19.3 Å². The summed E-state index contributed by atoms with van der Waals surface area (Å²) in [5, 5.41) is 18.2. The molecule has 0 aromatic carbocycles. The Labute approximate surface area is 118 Å². The third kappa shape index (κ3) is 6.92. The van der Waals surface area contributed by atoms with Gasteiger partial charge in [-0.2, -0.15) is 0 Å². The van der Waals surface area contributed by atoms with E-state index in [0.29, 0.717) is 12.8 Å². The van der Waals surface area contributed by atoms with E-state index in [1.807, 2.05) is 13.8 Å². The Morgan fingerprint density at radius 1 is 0.900 bits per heavy atom. The normalized spacial score (nSPS) is 11.7. The van der Waals surface area contributed by atoms with Crippen LogP contribution < -0.4 is 0 Å². The largest absolute Gasteiger partial charge is 0.478 e. The van der Waals surface area contributed by atoms with Crippen LogP contribution in [0.5, 0.6) is 0 Å². The second-order valence-electron chi connectivity index (χ2n) is 4.42. The van der Waals surface area contributed by atoms with E-state index in [1.54, 1.807) is 0 Å². The Morgan fingerprint density at radius 2 is 1.45 bits per heavy atom. The molecular formula is C14H22O6. The first-order valence-corrected chi connectivity index (χ1v) is 6.78. The SMILES string of the molecule is CCCCOC(=O)C/C(C(=O)O)=C(/CCCC)C(=O)O. The molecular weight excluding hydrogens is 264 g/mol. The lowest BCUT2D eigenvalue weighted by Gasteiger charge is -2.09. The highest BCUT2D eigenvalue weighted by molar-refractivity contribution is 6.01. The van der Waals surface area contributed by atoms with Crippen molar-refractivity contribution in [1.29, 1.82) is 0 Å². The number of ether oxygens (including phenoxy) is 1. The predicted octanol–water partition coefficient (Wildman–Crippen LogP) is 2.38. The monoisotopic (exact) mass is 286 g/mol. The molecule has 0 rings (SSSR count). The number of unbranched alkanes of at least 4 members (excludes halogenated alkanes) is 2. The van der Waals surface area contributed by atoms with Crippen LogP contribution in [-0.2, 0) is 19.1 Å². The average molecular weight is 286 g/mol. The van der Waals surface area contributed by atoms with Gasteiger partial charge < -0.3 is 14.9 Å². The Bertz CT molecular complexity index is 383. The van der Waals surface area contributed by atoms with Crippen molar-refractivity contribution in [2.75, 3.05) is 6.61 Å². The van der Waals surface area contributed by atoms with E-state index in [0.717, 1.165) is 12.8 Å². The van der Waals surface area contributed by atoms with Crippen molar-refractivity contribution < 1.29 is 29.3 Å². The smallest absolute Gasteiger partial charge is 0.332 e. The highest BCUT2D eigenvalue weighted by Gasteiger charge is 2.22. The quantitative estimate of drug-likeness (QED) is 0.363. The van der Waals surface area contributed by atoms with E-state index < -0.39 is 24.3 Å². The van der Waals surface area contributed by atoms with Crippen molar-refractivity contribution in [3.8, 4) is 0 Å². The van der Waals surface area contributed by atoms with E-state index in [1.165, 1.54) is 0 Å². The van der Waals surface area contributed by atoms with Crippen LogP contribution in [0.15, 0.2) is 11.1 Å². The minimum atomic E-state index is -1.38. The number of carbonyl (C=O) groups excluding carboxylic acids is 1. The predicted molar refractivity (Wildman–Crippen MR) is 72.3 cm³/mol. The maximum Gasteiger partial charge on any atom is 0.332 e. The van der Waals surface area contributed by atoms with Crippen LogP contribution in [0.3, 0.4) is 0 Å². The second kappa shape index (κ2) is 10.00. The minimum Gasteiger partial charge on any atom is -0.478 e. The fourth-order valence-corrected chi connectivity index (χ4v) is 1.58. The van der Waals surface area contributed by atoms with Crippen LogP contribution in [-0.4, -0.2) is 34.7 Å². The fraction of sp³-hybridized carbons (Fsp3) is 0.643. The number of carboxylic acids is 2. The van der Waals surface area contributed by atoms with Crippen LogP contribution in [0.25, 0.3) is 0 Å². The number of hydrogen-bond donors (Lipinski definition) is 2. The van der Waals surface area contributed by atoms with Gasteiger partial charge in [-0.1, -0.05) is 26.7 Å². The van der Waals surface area contributed by atoms with Gasteiger partial charge in [-0.3, -0.25) is 4.79 Å². The molecule has 0 aliphatic heterocycles. The molecule has 0 aliphatic carbocycles. The molecule has 0 bridgehead atoms. The third-order valence-corrected chi connectivity index (χ3v) is 2.74. The molecule has 0 fully saturated rings. The lowest BCUT2D eigenvalue weighted by molar-refractivity contribution is -0.145. The Balaban J connectivity index is 4.94. The molecule has 0 aromatic heterocycles. The van der Waals surface area contributed by atoms with Gasteiger partial charge in [0.15, 0.2) is 0 Å². The van der Waals surface area contributed by atoms with Crippen molar-refractivity contribution in [2.45, 2.75) is 52.4 Å². The summed E-state index contributed by atoms with van der Waals surface area (Å²) in [5.74, 6) is -3.38. The second-order valence-corrected chi connectivity index (χ2v) is 4.42. The van der Waals surface area contributed by atoms with Gasteiger partial charge in [0.05, 0.1) is 18.6 Å². The first-order valence-electron chi connectivity index (χ1n) is 6.78. The van der Waals surface area contributed by atoms with Crippen molar-refractivity contribution in [3.63, 3.8) is 0 Å². The lowest BCUT2D eigenvalue weighted by atomic mass is 10.00. The summed E-state index contributed by atoms with van der Waals surface area (Å²) in [6.45, 7) is 4.03. The van der Waals surface area contributed by atoms with Crippen molar-refractivity contribution in [3.05, 3.63) is 11.1 Å². The molecule has 0 amide bonds. The standard InChI is InChI=1S/C14H22O6/c1-3-5-7-10(13(16)17)11(14(18)19)9-12(15)20-8-6-4-2/h3-9H2,1-2H3,(H,16,17)(H,18,19)/b11-10+. The molecule has 0 unspecified atom stereocenters. The average Bonchev–Trinajstić information content (AvgIpc) is 2.37. The van der Waals surface area contributed by atoms with E-state index in [2.05, 4.69) is 0 Å². The van der Waals surface area contributed by atoms with Crippen LogP contribution >= 0.6 is 0 Å². The number of aliphatic carboxylic acids is 2. The molecule has 0 aliphatic rings. The minimum absolute atomic E-state index is 0.135. The lowest BCUT2D eigenvalue weighted by Crippen LogP contribution is -2.16. The number of carbonyl (C=O) groups is 3. The zero-order valence-electron chi connectivity index (χ0n) is 12.0. The number of carboxylic acid groups (broad SMARTS) is 2. The third-order valence-electron chi connectivity index (χ3n) is 2.74. The van der Waals surface area contributed by atoms with Gasteiger partial charge in [-0.15, -0.1) is 0 Å². The summed E-state index contributed by atoms with van der Waals surface area (Å²) < 4.78 is 4.87. The summed E-state index contributed by atoms with van der Waals surface area (Å²) >= 11 is 0. The van der Waals surface area contributed by atoms with E-state index in [4.69, 9.17) is 14.9 Å². The van der Waals surface area contributed by atoms with E-state index in [9.17, 15) is 14.4 Å². The Hall–Kier alpha value is -1.85. The molecule has 0 spiro atoms. The zero-order chi connectivity index (χ0) is 15.5. The highest BCUT2D eigenvalue weighted by Crippen LogP contribution is 2.17. The summed E-state index contributed by atoms with van der Waals surface area (Å²) in [6.07, 6.45) is 2.47. The Morgan fingerprint density at radius 3 is 1.90 bits per heavy atom. The molecule has 2 N–H and O–H groups in total. The number of rotatable bonds is 10. The number of esters is 1. The molecule has 0 heterocycles. The van der Waals surface area contributed by atoms with Crippen LogP contribution in [0.2, 0.25) is 0 Å². The molecule has 0 saturated heterocycles. The summed E-state index contributed by atoms with van der Waals surface area (Å²) in [7, 11) is 0. The van der Waals surface area contributed by atoms with Gasteiger partial charge in [-0.25, -0.2) is 9.59 Å². The summed E-state index contributed by atoms with van der Waals surface area (Å²) in [5.41, 5.74) is -0.598. The van der Waals surface area contributed by atoms with Crippen molar-refractivity contribution in [1.82, 2.24) is 0 Å². The van der Waals surface area contributed by atoms with Gasteiger partial charge >= 0.3 is 17.9 Å². The van der Waals surface area contributed by atoms with E-state index >= 15 is 0 Å². The fourth-order valence-electron chi connectivity index (χ4n) is 1.58. The number of hydrogen-bond acceptors (Lipinski definition) is 4. The molecule has 20 heavy (non-hydrogen) atoms. The maximum absolute atomic E-state index is 11.5. The molecule has 0 radical (unpaired) electrons. The van der Waals surface area contributed by atoms with Gasteiger partial charge in [0.1, 0.15) is 0 Å². The highest BCUT2D eigenvalue weighted by atomic mass is 16.5. The maximum atomic E-state index is 11.5. The molecule has 114 valence electrons. The van der Waals surface area contributed by atoms with Crippen LogP contribution in [0.4, 0.5) is 0 Å². The van der Waals surface area contributed by atoms with Crippen LogP contribution in [0, 0.1) is 0 Å². The van der Waals surface area contributed by atoms with Crippen LogP contribution in [0.1, 0.15) is 52.4 Å². The van der Waals surface area contributed by atoms with Crippen molar-refractivity contribution in [2.24, 2.45) is 0 Å². The van der Waals surface area contributed by atoms with Gasteiger partial charge in [0, 0.05) is 5.57 Å². The first kappa shape index (κ1) is 18.1. The topological polar surface area (TPSA) is 101 Å². The molecule has 0 aromatic rings. The Kier molecular flexibility index (Phi) is 9.07. The van der Waals surface area contributed by atoms with E-state index in [-0.39, 0.29) is 24.2 Å². The first-order chi connectivity index (χ1) is 9.43. The molecule has 6 heteroatoms. The summed E-state index contributed by atoms with van der Waals surface area (Å²) in [4.78, 5) is 33.8. The van der Waals surface area contributed by atoms with Gasteiger partial charge in [0.2, 0.25) is 0 Å². The van der Waals surface area contributed by atoms with Crippen molar-refractivity contribution >= 4 is 17.9 Å². The molecule has 0 saturated carbocycles. The molecule has 6 nitrogen and oxygen atoms in total. The summed E-state index contributed by atoms with van der Waals surface area (Å²) in [6, 6.07) is 0. The van der Waals surface area contributed by atoms with Gasteiger partial charge in [0.25, 0.3) is 0 Å². The zero-order valence-corrected chi connectivity index (χ0v) is 12.0.